The molecular formula is C19H19N3O2S. The van der Waals surface area contributed by atoms with Gasteiger partial charge in [0, 0.05) is 30.4 Å². The highest BCUT2D eigenvalue weighted by Gasteiger charge is 2.21. The van der Waals surface area contributed by atoms with Crippen molar-refractivity contribution in [1.29, 1.82) is 0 Å². The maximum absolute atomic E-state index is 11.7. The molecule has 1 N–H and O–H groups in total. The normalized spacial score (nSPS) is 16.1. The largest absolute Gasteiger partial charge is 0.339 e. The molecule has 0 aliphatic carbocycles. The molecule has 0 amide bonds. The van der Waals surface area contributed by atoms with Crippen molar-refractivity contribution in [2.24, 2.45) is 0 Å². The summed E-state index contributed by atoms with van der Waals surface area (Å²) < 4.78 is 24.8. The zero-order valence-electron chi connectivity index (χ0n) is 13.9. The van der Waals surface area contributed by atoms with Gasteiger partial charge in [0.2, 0.25) is 10.0 Å². The number of nitrogens with zero attached hydrogens (tertiary/aromatic N) is 2. The third-order valence-corrected chi connectivity index (χ3v) is 5.87. The molecule has 0 unspecified atom stereocenters. The first-order valence-electron chi connectivity index (χ1n) is 8.20. The van der Waals surface area contributed by atoms with Crippen LogP contribution >= 0.6 is 0 Å². The lowest BCUT2D eigenvalue weighted by molar-refractivity contribution is 0.445. The van der Waals surface area contributed by atoms with Crippen LogP contribution < -0.4 is 0 Å². The van der Waals surface area contributed by atoms with E-state index < -0.39 is 10.0 Å². The van der Waals surface area contributed by atoms with Crippen molar-refractivity contribution in [1.82, 2.24) is 14.3 Å². The predicted octanol–water partition coefficient (Wildman–Crippen LogP) is 3.28. The Kier molecular flexibility index (Phi) is 3.94. The van der Waals surface area contributed by atoms with Crippen LogP contribution in [-0.2, 0) is 10.0 Å². The fourth-order valence-corrected chi connectivity index (χ4v) is 4.03. The number of H-pyrrole nitrogens is 1. The van der Waals surface area contributed by atoms with Crippen LogP contribution in [0.5, 0.6) is 0 Å². The van der Waals surface area contributed by atoms with E-state index in [9.17, 15) is 8.42 Å². The molecule has 6 heteroatoms. The number of fused-ring (bicyclic) bond motifs is 1. The van der Waals surface area contributed by atoms with E-state index in [0.29, 0.717) is 19.5 Å². The molecule has 4 rings (SSSR count). The van der Waals surface area contributed by atoms with Crippen molar-refractivity contribution in [3.63, 3.8) is 0 Å². The number of nitrogens with one attached hydrogen (secondary N) is 1. The summed E-state index contributed by atoms with van der Waals surface area (Å²) in [7, 11) is -3.13. The van der Waals surface area contributed by atoms with Gasteiger partial charge in [0.25, 0.3) is 0 Å². The summed E-state index contributed by atoms with van der Waals surface area (Å²) in [5.41, 5.74) is 5.29. The number of sulfonamides is 1. The highest BCUT2D eigenvalue weighted by Crippen LogP contribution is 2.31. The number of benzene rings is 1. The van der Waals surface area contributed by atoms with Gasteiger partial charge in [-0.15, -0.1) is 0 Å². The van der Waals surface area contributed by atoms with Gasteiger partial charge in [-0.25, -0.2) is 13.4 Å². The first-order valence-corrected chi connectivity index (χ1v) is 10.0. The van der Waals surface area contributed by atoms with E-state index in [1.807, 2.05) is 36.5 Å². The Morgan fingerprint density at radius 1 is 1.16 bits per heavy atom. The number of hydrogen-bond donors (Lipinski definition) is 1. The van der Waals surface area contributed by atoms with Gasteiger partial charge in [-0.2, -0.15) is 4.31 Å². The second-order valence-electron chi connectivity index (χ2n) is 6.27. The summed E-state index contributed by atoms with van der Waals surface area (Å²) in [5, 5.41) is 1.08. The minimum atomic E-state index is -3.13. The van der Waals surface area contributed by atoms with Crippen LogP contribution in [-0.4, -0.2) is 42.0 Å². The van der Waals surface area contributed by atoms with Gasteiger partial charge in [0.15, 0.2) is 0 Å². The van der Waals surface area contributed by atoms with E-state index in [1.54, 1.807) is 0 Å². The maximum Gasteiger partial charge on any atom is 0.211 e. The smallest absolute Gasteiger partial charge is 0.211 e. The summed E-state index contributed by atoms with van der Waals surface area (Å²) in [6, 6.07) is 14.4. The molecule has 2 aromatic heterocycles. The molecule has 0 spiro atoms. The zero-order valence-corrected chi connectivity index (χ0v) is 14.8. The molecule has 5 nitrogen and oxygen atoms in total. The van der Waals surface area contributed by atoms with E-state index in [2.05, 4.69) is 28.2 Å². The Hall–Kier alpha value is -2.44. The number of aromatic amines is 1. The molecule has 1 aliphatic heterocycles. The number of pyridine rings is 1. The Morgan fingerprint density at radius 2 is 1.96 bits per heavy atom. The summed E-state index contributed by atoms with van der Waals surface area (Å²) in [4.78, 5) is 7.83. The fourth-order valence-electron chi connectivity index (χ4n) is 3.27. The summed E-state index contributed by atoms with van der Waals surface area (Å²) in [6.07, 6.45) is 5.74. The van der Waals surface area contributed by atoms with Crippen LogP contribution in [0.3, 0.4) is 0 Å². The lowest BCUT2D eigenvalue weighted by Gasteiger charge is -2.23. The summed E-state index contributed by atoms with van der Waals surface area (Å²) in [6.45, 7) is 0.932. The minimum absolute atomic E-state index is 0.419. The molecule has 3 aromatic rings. The van der Waals surface area contributed by atoms with E-state index >= 15 is 0 Å². The molecule has 1 aliphatic rings. The molecule has 1 aromatic carbocycles. The van der Waals surface area contributed by atoms with Gasteiger partial charge in [0.05, 0.1) is 6.26 Å². The number of aromatic nitrogens is 2. The molecular weight excluding hydrogens is 334 g/mol. The molecule has 0 radical (unpaired) electrons. The van der Waals surface area contributed by atoms with E-state index in [4.69, 9.17) is 0 Å². The SMILES string of the molecule is CS(=O)(=O)N1CC=C(c2cc3c(-c4ccccc4)ccnc3[nH]2)CC1. The van der Waals surface area contributed by atoms with Crippen LogP contribution in [0.1, 0.15) is 12.1 Å². The lowest BCUT2D eigenvalue weighted by Crippen LogP contribution is -2.33. The van der Waals surface area contributed by atoms with Gasteiger partial charge < -0.3 is 4.98 Å². The quantitative estimate of drug-likeness (QED) is 0.786. The van der Waals surface area contributed by atoms with Crippen molar-refractivity contribution in [3.8, 4) is 11.1 Å². The Morgan fingerprint density at radius 3 is 2.64 bits per heavy atom. The first-order chi connectivity index (χ1) is 12.0. The van der Waals surface area contributed by atoms with Crippen LogP contribution in [0.15, 0.2) is 54.7 Å². The topological polar surface area (TPSA) is 66.1 Å². The van der Waals surface area contributed by atoms with E-state index in [0.717, 1.165) is 33.4 Å². The molecule has 0 bridgehead atoms. The zero-order chi connectivity index (χ0) is 17.4. The van der Waals surface area contributed by atoms with Crippen LogP contribution in [0.25, 0.3) is 27.7 Å². The molecule has 0 atom stereocenters. The van der Waals surface area contributed by atoms with Crippen LogP contribution in [0.2, 0.25) is 0 Å². The van der Waals surface area contributed by atoms with Crippen molar-refractivity contribution < 1.29 is 8.42 Å². The number of rotatable bonds is 3. The maximum atomic E-state index is 11.7. The molecule has 0 fully saturated rings. The predicted molar refractivity (Wildman–Crippen MR) is 101 cm³/mol. The molecule has 0 saturated heterocycles. The van der Waals surface area contributed by atoms with Crippen LogP contribution in [0.4, 0.5) is 0 Å². The summed E-state index contributed by atoms with van der Waals surface area (Å²) >= 11 is 0. The monoisotopic (exact) mass is 353 g/mol. The first kappa shape index (κ1) is 16.1. The highest BCUT2D eigenvalue weighted by molar-refractivity contribution is 7.88. The van der Waals surface area contributed by atoms with Crippen molar-refractivity contribution in [2.45, 2.75) is 6.42 Å². The average molecular weight is 353 g/mol. The second-order valence-corrected chi connectivity index (χ2v) is 8.25. The van der Waals surface area contributed by atoms with Crippen molar-refractivity contribution >= 4 is 26.6 Å². The third kappa shape index (κ3) is 3.10. The van der Waals surface area contributed by atoms with Gasteiger partial charge in [0.1, 0.15) is 5.65 Å². The van der Waals surface area contributed by atoms with Crippen LogP contribution in [0, 0.1) is 0 Å². The Balaban J connectivity index is 1.73. The second kappa shape index (κ2) is 6.13. The van der Waals surface area contributed by atoms with E-state index in [-0.39, 0.29) is 0 Å². The van der Waals surface area contributed by atoms with E-state index in [1.165, 1.54) is 10.6 Å². The highest BCUT2D eigenvalue weighted by atomic mass is 32.2. The van der Waals surface area contributed by atoms with Gasteiger partial charge >= 0.3 is 0 Å². The standard InChI is InChI=1S/C19H19N3O2S/c1-25(23,24)22-11-8-15(9-12-22)18-13-17-16(7-10-20-19(17)21-18)14-5-3-2-4-6-14/h2-8,10,13H,9,11-12H2,1H3,(H,20,21). The van der Waals surface area contributed by atoms with Gasteiger partial charge in [-0.05, 0) is 35.3 Å². The lowest BCUT2D eigenvalue weighted by atomic mass is 10.0. The van der Waals surface area contributed by atoms with Gasteiger partial charge in [-0.1, -0.05) is 36.4 Å². The summed E-state index contributed by atoms with van der Waals surface area (Å²) in [5.74, 6) is 0. The molecule has 25 heavy (non-hydrogen) atoms. The Bertz CT molecular complexity index is 1050. The van der Waals surface area contributed by atoms with Crippen molar-refractivity contribution in [2.75, 3.05) is 19.3 Å². The van der Waals surface area contributed by atoms with Crippen molar-refractivity contribution in [3.05, 3.63) is 60.4 Å². The number of hydrogen-bond acceptors (Lipinski definition) is 3. The van der Waals surface area contributed by atoms with Gasteiger partial charge in [-0.3, -0.25) is 0 Å². The Labute approximate surface area is 147 Å². The fraction of sp³-hybridized carbons (Fsp3) is 0.211. The minimum Gasteiger partial charge on any atom is -0.339 e. The molecule has 0 saturated carbocycles. The molecule has 128 valence electrons. The average Bonchev–Trinajstić information content (AvgIpc) is 3.06. The molecule has 3 heterocycles. The third-order valence-electron chi connectivity index (χ3n) is 4.60.